The molecule has 2 saturated heterocycles. The number of ketones is 1. The Labute approximate surface area is 80.9 Å². The molecule has 3 aliphatic rings. The summed E-state index contributed by atoms with van der Waals surface area (Å²) in [5.74, 6) is -0.166. The van der Waals surface area contributed by atoms with Crippen molar-refractivity contribution < 1.29 is 19.1 Å². The fourth-order valence-electron chi connectivity index (χ4n) is 2.34. The Bertz CT molecular complexity index is 370. The van der Waals surface area contributed by atoms with E-state index in [0.29, 0.717) is 18.4 Å². The second kappa shape index (κ2) is 2.25. The Balaban J connectivity index is 2.01. The Kier molecular flexibility index (Phi) is 1.32. The fraction of sp³-hybridized carbons (Fsp3) is 0.600. The summed E-state index contributed by atoms with van der Waals surface area (Å²) in [6.45, 7) is 1.74. The van der Waals surface area contributed by atoms with Gasteiger partial charge in [0.2, 0.25) is 0 Å². The molecule has 0 radical (unpaired) electrons. The Hall–Kier alpha value is -1.16. The lowest BCUT2D eigenvalue weighted by molar-refractivity contribution is -0.146. The highest BCUT2D eigenvalue weighted by Gasteiger charge is 2.64. The van der Waals surface area contributed by atoms with Crippen LogP contribution in [0.25, 0.3) is 0 Å². The highest BCUT2D eigenvalue weighted by Crippen LogP contribution is 2.47. The van der Waals surface area contributed by atoms with Crippen LogP contribution in [0.1, 0.15) is 19.8 Å². The topological polar surface area (TPSA) is 55.9 Å². The van der Waals surface area contributed by atoms with E-state index in [9.17, 15) is 9.59 Å². The molecule has 0 aromatic rings. The van der Waals surface area contributed by atoms with Crippen molar-refractivity contribution in [3.8, 4) is 0 Å². The number of epoxide rings is 1. The molecule has 0 aromatic heterocycles. The molecular weight excluding hydrogens is 184 g/mol. The molecule has 1 spiro atoms. The average molecular weight is 194 g/mol. The van der Waals surface area contributed by atoms with Gasteiger partial charge in [-0.15, -0.1) is 0 Å². The lowest BCUT2D eigenvalue weighted by Gasteiger charge is -2.25. The smallest absolute Gasteiger partial charge is 0.306 e. The van der Waals surface area contributed by atoms with E-state index in [0.717, 1.165) is 0 Å². The van der Waals surface area contributed by atoms with Gasteiger partial charge in [-0.05, 0) is 18.6 Å². The van der Waals surface area contributed by atoms with Gasteiger partial charge in [-0.25, -0.2) is 0 Å². The lowest BCUT2D eigenvalue weighted by atomic mass is 9.84. The van der Waals surface area contributed by atoms with Crippen molar-refractivity contribution in [1.82, 2.24) is 0 Å². The number of carbonyl (C=O) groups excluding carboxylic acids is 2. The molecular formula is C10H10O4. The van der Waals surface area contributed by atoms with Crippen LogP contribution in [-0.2, 0) is 19.1 Å². The standard InChI is InChI=1S/C10H10O4/c1-5-4-10(3-2-6(11)14-10)9-8(13-9)7(5)12/h4,8-9H,2-3H2,1H3. The number of ether oxygens (including phenoxy) is 2. The highest BCUT2D eigenvalue weighted by atomic mass is 16.6. The second-order valence-corrected chi connectivity index (χ2v) is 4.10. The molecule has 3 atom stereocenters. The van der Waals surface area contributed by atoms with Crippen LogP contribution < -0.4 is 0 Å². The molecule has 1 aliphatic carbocycles. The van der Waals surface area contributed by atoms with Crippen molar-refractivity contribution >= 4 is 11.8 Å². The first kappa shape index (κ1) is 8.17. The van der Waals surface area contributed by atoms with Gasteiger partial charge < -0.3 is 9.47 Å². The summed E-state index contributed by atoms with van der Waals surface area (Å²) in [7, 11) is 0. The maximum Gasteiger partial charge on any atom is 0.306 e. The molecule has 0 saturated carbocycles. The quantitative estimate of drug-likeness (QED) is 0.412. The van der Waals surface area contributed by atoms with Crippen molar-refractivity contribution in [3.05, 3.63) is 11.6 Å². The van der Waals surface area contributed by atoms with E-state index in [4.69, 9.17) is 9.47 Å². The number of fused-ring (bicyclic) bond motifs is 2. The number of rotatable bonds is 0. The highest BCUT2D eigenvalue weighted by molar-refractivity contribution is 6.02. The van der Waals surface area contributed by atoms with E-state index in [1.165, 1.54) is 0 Å². The summed E-state index contributed by atoms with van der Waals surface area (Å²) >= 11 is 0. The van der Waals surface area contributed by atoms with E-state index in [-0.39, 0.29) is 24.0 Å². The maximum atomic E-state index is 11.5. The van der Waals surface area contributed by atoms with Gasteiger partial charge in [-0.3, -0.25) is 9.59 Å². The molecule has 2 fully saturated rings. The Morgan fingerprint density at radius 3 is 2.93 bits per heavy atom. The predicted molar refractivity (Wildman–Crippen MR) is 45.5 cm³/mol. The summed E-state index contributed by atoms with van der Waals surface area (Å²) in [6.07, 6.45) is 2.24. The molecule has 4 heteroatoms. The molecule has 0 amide bonds. The van der Waals surface area contributed by atoms with Crippen molar-refractivity contribution in [2.45, 2.75) is 37.6 Å². The normalized spacial score (nSPS) is 44.8. The monoisotopic (exact) mass is 194 g/mol. The minimum atomic E-state index is -0.625. The number of hydrogen-bond acceptors (Lipinski definition) is 4. The van der Waals surface area contributed by atoms with Crippen LogP contribution >= 0.6 is 0 Å². The zero-order chi connectivity index (χ0) is 9.92. The zero-order valence-corrected chi connectivity index (χ0v) is 7.78. The number of Topliss-reactive ketones (excluding diaryl/α,β-unsaturated/α-hetero) is 1. The van der Waals surface area contributed by atoms with E-state index in [1.807, 2.05) is 0 Å². The summed E-state index contributed by atoms with van der Waals surface area (Å²) in [5.41, 5.74) is 0.0261. The first-order valence-electron chi connectivity index (χ1n) is 4.73. The van der Waals surface area contributed by atoms with Gasteiger partial charge in [0, 0.05) is 12.8 Å². The van der Waals surface area contributed by atoms with Crippen LogP contribution in [-0.4, -0.2) is 29.6 Å². The van der Waals surface area contributed by atoms with Gasteiger partial charge >= 0.3 is 5.97 Å². The molecule has 3 unspecified atom stereocenters. The molecule has 0 N–H and O–H groups in total. The van der Waals surface area contributed by atoms with Crippen molar-refractivity contribution in [1.29, 1.82) is 0 Å². The molecule has 0 bridgehead atoms. The van der Waals surface area contributed by atoms with Crippen molar-refractivity contribution in [2.75, 3.05) is 0 Å². The Morgan fingerprint density at radius 2 is 2.29 bits per heavy atom. The van der Waals surface area contributed by atoms with Crippen LogP contribution in [0.15, 0.2) is 11.6 Å². The first-order chi connectivity index (χ1) is 6.62. The molecule has 2 heterocycles. The largest absolute Gasteiger partial charge is 0.452 e. The van der Waals surface area contributed by atoms with Crippen LogP contribution in [0.5, 0.6) is 0 Å². The molecule has 14 heavy (non-hydrogen) atoms. The Morgan fingerprint density at radius 1 is 1.50 bits per heavy atom. The number of hydrogen-bond donors (Lipinski definition) is 0. The fourth-order valence-corrected chi connectivity index (χ4v) is 2.34. The van der Waals surface area contributed by atoms with Gasteiger partial charge in [-0.2, -0.15) is 0 Å². The van der Waals surface area contributed by atoms with Crippen molar-refractivity contribution in [2.24, 2.45) is 0 Å². The van der Waals surface area contributed by atoms with Crippen molar-refractivity contribution in [3.63, 3.8) is 0 Å². The molecule has 4 nitrogen and oxygen atoms in total. The van der Waals surface area contributed by atoms with E-state index >= 15 is 0 Å². The van der Waals surface area contributed by atoms with Gasteiger partial charge in [-0.1, -0.05) is 0 Å². The van der Waals surface area contributed by atoms with Gasteiger partial charge in [0.1, 0.15) is 6.10 Å². The average Bonchev–Trinajstić information content (AvgIpc) is 2.86. The van der Waals surface area contributed by atoms with Crippen LogP contribution in [0.3, 0.4) is 0 Å². The third-order valence-electron chi connectivity index (χ3n) is 3.10. The van der Waals surface area contributed by atoms with Crippen LogP contribution in [0.2, 0.25) is 0 Å². The number of esters is 1. The summed E-state index contributed by atoms with van der Waals surface area (Å²) in [6, 6.07) is 0. The van der Waals surface area contributed by atoms with Gasteiger partial charge in [0.05, 0.1) is 0 Å². The first-order valence-corrected chi connectivity index (χ1v) is 4.73. The SMILES string of the molecule is CC1=CC2(CCC(=O)O2)C2OC2C1=O. The summed E-state index contributed by atoms with van der Waals surface area (Å²) < 4.78 is 10.5. The van der Waals surface area contributed by atoms with Gasteiger partial charge in [0.15, 0.2) is 17.5 Å². The second-order valence-electron chi connectivity index (χ2n) is 4.10. The summed E-state index contributed by atoms with van der Waals surface area (Å²) in [5, 5.41) is 0. The van der Waals surface area contributed by atoms with E-state index in [2.05, 4.69) is 0 Å². The van der Waals surface area contributed by atoms with Gasteiger partial charge in [0.25, 0.3) is 0 Å². The summed E-state index contributed by atoms with van der Waals surface area (Å²) in [4.78, 5) is 22.5. The molecule has 0 aromatic carbocycles. The third-order valence-corrected chi connectivity index (χ3v) is 3.10. The molecule has 2 aliphatic heterocycles. The van der Waals surface area contributed by atoms with E-state index < -0.39 is 5.60 Å². The molecule has 3 rings (SSSR count). The maximum absolute atomic E-state index is 11.5. The minimum Gasteiger partial charge on any atom is -0.452 e. The third kappa shape index (κ3) is 0.865. The van der Waals surface area contributed by atoms with Crippen LogP contribution in [0.4, 0.5) is 0 Å². The van der Waals surface area contributed by atoms with E-state index in [1.54, 1.807) is 13.0 Å². The minimum absolute atomic E-state index is 0.0311. The predicted octanol–water partition coefficient (Wildman–Crippen LogP) is 0.359. The lowest BCUT2D eigenvalue weighted by Crippen LogP contribution is -2.39. The number of carbonyl (C=O) groups is 2. The molecule has 74 valence electrons. The van der Waals surface area contributed by atoms with Crippen LogP contribution in [0, 0.1) is 0 Å². The zero-order valence-electron chi connectivity index (χ0n) is 7.78.